The van der Waals surface area contributed by atoms with Crippen LogP contribution in [-0.2, 0) is 0 Å². The standard InChI is InChI=1S/C16H15F2NO2/c1-19(16(20)12-6-2-3-7-13(12)17)10-11-21-15-9-5-4-8-14(15)18/h2-9H,10-11H2,1H3. The van der Waals surface area contributed by atoms with Gasteiger partial charge in [0.05, 0.1) is 12.1 Å². The monoisotopic (exact) mass is 291 g/mol. The zero-order chi connectivity index (χ0) is 15.2. The third-order valence-electron chi connectivity index (χ3n) is 2.97. The van der Waals surface area contributed by atoms with Gasteiger partial charge >= 0.3 is 0 Å². The average Bonchev–Trinajstić information content (AvgIpc) is 2.49. The molecule has 5 heteroatoms. The zero-order valence-corrected chi connectivity index (χ0v) is 11.6. The predicted molar refractivity (Wildman–Crippen MR) is 75.3 cm³/mol. The molecule has 0 radical (unpaired) electrons. The number of hydrogen-bond donors (Lipinski definition) is 0. The summed E-state index contributed by atoms with van der Waals surface area (Å²) in [6, 6.07) is 11.8. The molecule has 0 atom stereocenters. The van der Waals surface area contributed by atoms with Gasteiger partial charge in [0.25, 0.3) is 5.91 Å². The number of benzene rings is 2. The maximum Gasteiger partial charge on any atom is 0.256 e. The fraction of sp³-hybridized carbons (Fsp3) is 0.188. The molecule has 0 bridgehead atoms. The summed E-state index contributed by atoms with van der Waals surface area (Å²) in [4.78, 5) is 13.4. The normalized spacial score (nSPS) is 10.2. The minimum Gasteiger partial charge on any atom is -0.489 e. The van der Waals surface area contributed by atoms with E-state index in [1.165, 1.54) is 35.2 Å². The van der Waals surface area contributed by atoms with Crippen LogP contribution in [0.15, 0.2) is 48.5 Å². The molecule has 3 nitrogen and oxygen atoms in total. The van der Waals surface area contributed by atoms with Crippen molar-refractivity contribution in [2.75, 3.05) is 20.2 Å². The summed E-state index contributed by atoms with van der Waals surface area (Å²) in [6.07, 6.45) is 0. The minimum absolute atomic E-state index is 0.00546. The Morgan fingerprint density at radius 1 is 1.05 bits per heavy atom. The SMILES string of the molecule is CN(CCOc1ccccc1F)C(=O)c1ccccc1F. The van der Waals surface area contributed by atoms with Gasteiger partial charge < -0.3 is 9.64 Å². The van der Waals surface area contributed by atoms with E-state index in [1.54, 1.807) is 25.2 Å². The van der Waals surface area contributed by atoms with Gasteiger partial charge in [-0.25, -0.2) is 8.78 Å². The third-order valence-corrected chi connectivity index (χ3v) is 2.97. The van der Waals surface area contributed by atoms with E-state index in [-0.39, 0.29) is 24.5 Å². The highest BCUT2D eigenvalue weighted by Gasteiger charge is 2.15. The van der Waals surface area contributed by atoms with E-state index < -0.39 is 17.5 Å². The summed E-state index contributed by atoms with van der Waals surface area (Å²) in [5.74, 6) is -1.33. The van der Waals surface area contributed by atoms with Crippen LogP contribution < -0.4 is 4.74 Å². The second-order valence-corrected chi connectivity index (χ2v) is 4.49. The number of halogens is 2. The molecule has 110 valence electrons. The lowest BCUT2D eigenvalue weighted by Gasteiger charge is -2.18. The van der Waals surface area contributed by atoms with Gasteiger partial charge in [-0.2, -0.15) is 0 Å². The number of hydrogen-bond acceptors (Lipinski definition) is 2. The van der Waals surface area contributed by atoms with E-state index in [9.17, 15) is 13.6 Å². The predicted octanol–water partition coefficient (Wildman–Crippen LogP) is 3.12. The van der Waals surface area contributed by atoms with Gasteiger partial charge in [0.2, 0.25) is 0 Å². The largest absolute Gasteiger partial charge is 0.489 e. The van der Waals surface area contributed by atoms with Gasteiger partial charge in [-0.05, 0) is 24.3 Å². The van der Waals surface area contributed by atoms with E-state index >= 15 is 0 Å². The molecule has 0 aliphatic heterocycles. The van der Waals surface area contributed by atoms with E-state index in [2.05, 4.69) is 0 Å². The first-order chi connectivity index (χ1) is 10.1. The lowest BCUT2D eigenvalue weighted by atomic mass is 10.2. The van der Waals surface area contributed by atoms with Crippen molar-refractivity contribution in [1.29, 1.82) is 0 Å². The number of nitrogens with zero attached hydrogens (tertiary/aromatic N) is 1. The van der Waals surface area contributed by atoms with E-state index in [1.807, 2.05) is 0 Å². The number of para-hydroxylation sites is 1. The van der Waals surface area contributed by atoms with Crippen molar-refractivity contribution < 1.29 is 18.3 Å². The van der Waals surface area contributed by atoms with E-state index in [4.69, 9.17) is 4.74 Å². The molecule has 0 aromatic heterocycles. The fourth-order valence-corrected chi connectivity index (χ4v) is 1.80. The van der Waals surface area contributed by atoms with Crippen LogP contribution in [0.25, 0.3) is 0 Å². The highest BCUT2D eigenvalue weighted by Crippen LogP contribution is 2.15. The molecular weight excluding hydrogens is 276 g/mol. The zero-order valence-electron chi connectivity index (χ0n) is 11.6. The van der Waals surface area contributed by atoms with Gasteiger partial charge in [0, 0.05) is 7.05 Å². The summed E-state index contributed by atoms with van der Waals surface area (Å²) in [6.45, 7) is 0.346. The highest BCUT2D eigenvalue weighted by molar-refractivity contribution is 5.94. The van der Waals surface area contributed by atoms with Crippen LogP contribution in [0.1, 0.15) is 10.4 Å². The Labute approximate surface area is 121 Å². The topological polar surface area (TPSA) is 29.5 Å². The van der Waals surface area contributed by atoms with Crippen LogP contribution in [0.2, 0.25) is 0 Å². The fourth-order valence-electron chi connectivity index (χ4n) is 1.80. The summed E-state index contributed by atoms with van der Waals surface area (Å²) in [5.41, 5.74) is 0.00546. The Balaban J connectivity index is 1.90. The maximum absolute atomic E-state index is 13.5. The summed E-state index contributed by atoms with van der Waals surface area (Å²) in [7, 11) is 1.54. The van der Waals surface area contributed by atoms with Gasteiger partial charge in [0.1, 0.15) is 12.4 Å². The number of carbonyl (C=O) groups excluding carboxylic acids is 1. The van der Waals surface area contributed by atoms with E-state index in [0.29, 0.717) is 0 Å². The molecular formula is C16H15F2NO2. The minimum atomic E-state index is -0.565. The maximum atomic E-state index is 13.5. The first kappa shape index (κ1) is 15.0. The Hall–Kier alpha value is -2.43. The highest BCUT2D eigenvalue weighted by atomic mass is 19.1. The van der Waals surface area contributed by atoms with Crippen LogP contribution in [0.5, 0.6) is 5.75 Å². The van der Waals surface area contributed by atoms with Gasteiger partial charge in [0.15, 0.2) is 11.6 Å². The molecule has 21 heavy (non-hydrogen) atoms. The summed E-state index contributed by atoms with van der Waals surface area (Å²) < 4.78 is 32.1. The van der Waals surface area contributed by atoms with Crippen LogP contribution in [0.4, 0.5) is 8.78 Å². The molecule has 0 saturated heterocycles. The Morgan fingerprint density at radius 2 is 1.67 bits per heavy atom. The molecule has 2 aromatic rings. The second-order valence-electron chi connectivity index (χ2n) is 4.49. The molecule has 0 N–H and O–H groups in total. The van der Waals surface area contributed by atoms with Crippen LogP contribution >= 0.6 is 0 Å². The van der Waals surface area contributed by atoms with Crippen molar-refractivity contribution in [2.45, 2.75) is 0 Å². The number of carbonyl (C=O) groups is 1. The number of likely N-dealkylation sites (N-methyl/N-ethyl adjacent to an activating group) is 1. The van der Waals surface area contributed by atoms with Crippen molar-refractivity contribution >= 4 is 5.91 Å². The molecule has 0 aliphatic carbocycles. The molecule has 2 rings (SSSR count). The van der Waals surface area contributed by atoms with E-state index in [0.717, 1.165) is 0 Å². The first-order valence-corrected chi connectivity index (χ1v) is 6.47. The Morgan fingerprint density at radius 3 is 2.33 bits per heavy atom. The second kappa shape index (κ2) is 6.83. The van der Waals surface area contributed by atoms with Crippen LogP contribution in [-0.4, -0.2) is 31.0 Å². The third kappa shape index (κ3) is 3.78. The van der Waals surface area contributed by atoms with Crippen molar-refractivity contribution in [2.24, 2.45) is 0 Å². The molecule has 0 fully saturated rings. The van der Waals surface area contributed by atoms with Crippen molar-refractivity contribution in [1.82, 2.24) is 4.90 Å². The van der Waals surface area contributed by atoms with Crippen LogP contribution in [0.3, 0.4) is 0 Å². The van der Waals surface area contributed by atoms with Crippen molar-refractivity contribution in [3.8, 4) is 5.75 Å². The van der Waals surface area contributed by atoms with Crippen molar-refractivity contribution in [3.05, 3.63) is 65.7 Å². The summed E-state index contributed by atoms with van der Waals surface area (Å²) >= 11 is 0. The van der Waals surface area contributed by atoms with Crippen molar-refractivity contribution in [3.63, 3.8) is 0 Å². The average molecular weight is 291 g/mol. The molecule has 0 spiro atoms. The Bertz CT molecular complexity index is 631. The van der Waals surface area contributed by atoms with Crippen LogP contribution in [0, 0.1) is 11.6 Å². The molecule has 2 aromatic carbocycles. The molecule has 0 heterocycles. The molecule has 0 aliphatic rings. The quantitative estimate of drug-likeness (QED) is 0.847. The smallest absolute Gasteiger partial charge is 0.256 e. The lowest BCUT2D eigenvalue weighted by Crippen LogP contribution is -2.31. The molecule has 1 amide bonds. The Kier molecular flexibility index (Phi) is 4.87. The lowest BCUT2D eigenvalue weighted by molar-refractivity contribution is 0.0768. The number of ether oxygens (including phenoxy) is 1. The van der Waals surface area contributed by atoms with Gasteiger partial charge in [-0.3, -0.25) is 4.79 Å². The number of rotatable bonds is 5. The first-order valence-electron chi connectivity index (χ1n) is 6.47. The van der Waals surface area contributed by atoms with Gasteiger partial charge in [-0.1, -0.05) is 24.3 Å². The molecule has 0 saturated carbocycles. The number of amides is 1. The molecule has 0 unspecified atom stereocenters. The van der Waals surface area contributed by atoms with Gasteiger partial charge in [-0.15, -0.1) is 0 Å². The summed E-state index contributed by atoms with van der Waals surface area (Å²) in [5, 5.41) is 0.